The standard InChI is InChI=1S/C9H5ClN4/c10-7-4-12-13-9-8(7)11-5-14(9)6-2-1-3-6/h1-5H. The van der Waals surface area contributed by atoms with Crippen molar-refractivity contribution < 1.29 is 0 Å². The summed E-state index contributed by atoms with van der Waals surface area (Å²) in [5.41, 5.74) is 2.42. The van der Waals surface area contributed by atoms with Crippen LogP contribution in [-0.4, -0.2) is 19.7 Å². The second-order valence-electron chi connectivity index (χ2n) is 2.93. The topological polar surface area (TPSA) is 43.6 Å². The van der Waals surface area contributed by atoms with Crippen LogP contribution in [0.15, 0.2) is 30.8 Å². The van der Waals surface area contributed by atoms with Crippen LogP contribution in [0.4, 0.5) is 0 Å². The van der Waals surface area contributed by atoms with Crippen LogP contribution in [0.1, 0.15) is 0 Å². The first kappa shape index (κ1) is 7.70. The van der Waals surface area contributed by atoms with Gasteiger partial charge in [-0.1, -0.05) is 17.7 Å². The predicted octanol–water partition coefficient (Wildman–Crippen LogP) is 1.89. The molecule has 0 unspecified atom stereocenters. The fourth-order valence-electron chi connectivity index (χ4n) is 1.33. The highest BCUT2D eigenvalue weighted by Crippen LogP contribution is 2.23. The van der Waals surface area contributed by atoms with Crippen LogP contribution in [0, 0.1) is 0 Å². The van der Waals surface area contributed by atoms with Gasteiger partial charge in [0.15, 0.2) is 5.65 Å². The molecule has 1 aliphatic carbocycles. The van der Waals surface area contributed by atoms with Crippen molar-refractivity contribution in [2.45, 2.75) is 0 Å². The van der Waals surface area contributed by atoms with Crippen LogP contribution in [0.25, 0.3) is 16.9 Å². The van der Waals surface area contributed by atoms with Gasteiger partial charge in [-0.2, -0.15) is 5.10 Å². The molecule has 0 fully saturated rings. The zero-order valence-corrected chi connectivity index (χ0v) is 7.81. The highest BCUT2D eigenvalue weighted by molar-refractivity contribution is 6.34. The van der Waals surface area contributed by atoms with Crippen LogP contribution in [0.5, 0.6) is 0 Å². The molecule has 0 amide bonds. The highest BCUT2D eigenvalue weighted by atomic mass is 35.5. The van der Waals surface area contributed by atoms with Gasteiger partial charge in [0.2, 0.25) is 0 Å². The molecule has 2 aromatic heterocycles. The second kappa shape index (κ2) is 2.65. The fraction of sp³-hybridized carbons (Fsp3) is 0. The summed E-state index contributed by atoms with van der Waals surface area (Å²) in [7, 11) is 0. The molecule has 14 heavy (non-hydrogen) atoms. The molecule has 0 N–H and O–H groups in total. The maximum atomic E-state index is 5.92. The third kappa shape index (κ3) is 0.914. The lowest BCUT2D eigenvalue weighted by atomic mass is 10.2. The van der Waals surface area contributed by atoms with Crippen molar-refractivity contribution in [2.24, 2.45) is 0 Å². The molecule has 0 saturated carbocycles. The number of halogens is 1. The first-order valence-electron chi connectivity index (χ1n) is 4.09. The van der Waals surface area contributed by atoms with E-state index in [1.54, 1.807) is 6.33 Å². The van der Waals surface area contributed by atoms with Crippen LogP contribution in [-0.2, 0) is 0 Å². The van der Waals surface area contributed by atoms with E-state index < -0.39 is 0 Å². The summed E-state index contributed by atoms with van der Waals surface area (Å²) < 4.78 is 1.86. The SMILES string of the molecule is Clc1cnnc2c1ncn2C1=CC=C1. The summed E-state index contributed by atoms with van der Waals surface area (Å²) in [6.07, 6.45) is 9.10. The summed E-state index contributed by atoms with van der Waals surface area (Å²) in [4.78, 5) is 4.17. The van der Waals surface area contributed by atoms with Crippen molar-refractivity contribution in [1.82, 2.24) is 19.7 Å². The molecule has 0 spiro atoms. The number of nitrogens with zero attached hydrogens (tertiary/aromatic N) is 4. The van der Waals surface area contributed by atoms with Crippen molar-refractivity contribution in [3.05, 3.63) is 35.8 Å². The molecule has 0 bridgehead atoms. The van der Waals surface area contributed by atoms with Gasteiger partial charge in [0.1, 0.15) is 11.8 Å². The van der Waals surface area contributed by atoms with Gasteiger partial charge in [-0.25, -0.2) is 4.98 Å². The smallest absolute Gasteiger partial charge is 0.188 e. The van der Waals surface area contributed by atoms with E-state index in [1.807, 2.05) is 22.8 Å². The lowest BCUT2D eigenvalue weighted by Gasteiger charge is -2.07. The van der Waals surface area contributed by atoms with E-state index in [4.69, 9.17) is 11.6 Å². The Morgan fingerprint density at radius 2 is 2.21 bits per heavy atom. The van der Waals surface area contributed by atoms with E-state index >= 15 is 0 Å². The van der Waals surface area contributed by atoms with E-state index in [1.165, 1.54) is 6.20 Å². The van der Waals surface area contributed by atoms with Crippen molar-refractivity contribution in [3.63, 3.8) is 0 Å². The number of rotatable bonds is 1. The lowest BCUT2D eigenvalue weighted by molar-refractivity contribution is 1.01. The molecule has 3 rings (SSSR count). The van der Waals surface area contributed by atoms with Crippen molar-refractivity contribution >= 4 is 28.5 Å². The van der Waals surface area contributed by atoms with Gasteiger partial charge in [-0.15, -0.1) is 5.10 Å². The van der Waals surface area contributed by atoms with Crippen LogP contribution in [0.2, 0.25) is 5.02 Å². The minimum Gasteiger partial charge on any atom is -0.282 e. The average Bonchev–Trinajstić information content (AvgIpc) is 2.48. The summed E-state index contributed by atoms with van der Waals surface area (Å²) in [5, 5.41) is 8.31. The monoisotopic (exact) mass is 204 g/mol. The number of imidazole rings is 1. The molecule has 68 valence electrons. The van der Waals surface area contributed by atoms with Crippen molar-refractivity contribution in [2.75, 3.05) is 0 Å². The fourth-order valence-corrected chi connectivity index (χ4v) is 1.51. The first-order chi connectivity index (χ1) is 6.86. The van der Waals surface area contributed by atoms with Gasteiger partial charge in [0, 0.05) is 5.70 Å². The van der Waals surface area contributed by atoms with E-state index in [9.17, 15) is 0 Å². The second-order valence-corrected chi connectivity index (χ2v) is 3.34. The molecule has 4 nitrogen and oxygen atoms in total. The Labute approximate surface area is 84.5 Å². The van der Waals surface area contributed by atoms with Crippen molar-refractivity contribution in [1.29, 1.82) is 0 Å². The van der Waals surface area contributed by atoms with E-state index in [0.29, 0.717) is 16.2 Å². The van der Waals surface area contributed by atoms with Gasteiger partial charge in [-0.3, -0.25) is 4.57 Å². The molecule has 0 aromatic carbocycles. The molecule has 1 aliphatic rings. The van der Waals surface area contributed by atoms with Gasteiger partial charge >= 0.3 is 0 Å². The van der Waals surface area contributed by atoms with Crippen LogP contribution < -0.4 is 0 Å². The largest absolute Gasteiger partial charge is 0.282 e. The molecule has 0 saturated heterocycles. The summed E-state index contributed by atoms with van der Waals surface area (Å²) >= 11 is 5.92. The Balaban J connectivity index is 2.31. The molecule has 2 aromatic rings. The minimum absolute atomic E-state index is 0.526. The van der Waals surface area contributed by atoms with Crippen LogP contribution >= 0.6 is 11.6 Å². The molecule has 0 atom stereocenters. The van der Waals surface area contributed by atoms with Gasteiger partial charge in [0.25, 0.3) is 0 Å². The molecule has 5 heteroatoms. The van der Waals surface area contributed by atoms with Gasteiger partial charge in [-0.05, 0) is 12.2 Å². The Morgan fingerprint density at radius 1 is 1.36 bits per heavy atom. The third-order valence-electron chi connectivity index (χ3n) is 2.10. The van der Waals surface area contributed by atoms with E-state index in [2.05, 4.69) is 15.2 Å². The van der Waals surface area contributed by atoms with E-state index in [0.717, 1.165) is 5.70 Å². The quantitative estimate of drug-likeness (QED) is 0.713. The number of hydrogen-bond acceptors (Lipinski definition) is 3. The van der Waals surface area contributed by atoms with Crippen LogP contribution in [0.3, 0.4) is 0 Å². The zero-order valence-electron chi connectivity index (χ0n) is 7.05. The predicted molar refractivity (Wildman–Crippen MR) is 53.7 cm³/mol. The minimum atomic E-state index is 0.526. The maximum absolute atomic E-state index is 5.92. The number of hydrogen-bond donors (Lipinski definition) is 0. The number of allylic oxidation sites excluding steroid dienone is 4. The average molecular weight is 205 g/mol. The lowest BCUT2D eigenvalue weighted by Crippen LogP contribution is -1.98. The number of aromatic nitrogens is 4. The van der Waals surface area contributed by atoms with E-state index in [-0.39, 0.29) is 0 Å². The molecular formula is C9H5ClN4. The summed E-state index contributed by atoms with van der Waals surface area (Å²) in [5.74, 6) is 0. The van der Waals surface area contributed by atoms with Gasteiger partial charge < -0.3 is 0 Å². The molecule has 2 heterocycles. The number of fused-ring (bicyclic) bond motifs is 1. The van der Waals surface area contributed by atoms with Crippen molar-refractivity contribution in [3.8, 4) is 0 Å². The maximum Gasteiger partial charge on any atom is 0.188 e. The summed E-state index contributed by atoms with van der Waals surface area (Å²) in [6.45, 7) is 0. The first-order valence-corrected chi connectivity index (χ1v) is 4.47. The van der Waals surface area contributed by atoms with Gasteiger partial charge in [0.05, 0.1) is 11.2 Å². The Bertz CT molecular complexity index is 567. The highest BCUT2D eigenvalue weighted by Gasteiger charge is 2.11. The Kier molecular flexibility index (Phi) is 1.46. The Hall–Kier alpha value is -1.68. The molecular weight excluding hydrogens is 200 g/mol. The molecule has 0 radical (unpaired) electrons. The third-order valence-corrected chi connectivity index (χ3v) is 2.38. The molecule has 0 aliphatic heterocycles. The normalized spacial score (nSPS) is 14.2. The Morgan fingerprint density at radius 3 is 2.93 bits per heavy atom. The zero-order chi connectivity index (χ0) is 9.54. The summed E-state index contributed by atoms with van der Waals surface area (Å²) in [6, 6.07) is 0.